The van der Waals surface area contributed by atoms with E-state index in [4.69, 9.17) is 19.4 Å². The Morgan fingerprint density at radius 3 is 1.72 bits per heavy atom. The molecule has 0 aliphatic heterocycles. The number of benzene rings is 8. The summed E-state index contributed by atoms with van der Waals surface area (Å²) in [5.74, 6) is 1.94. The van der Waals surface area contributed by atoms with Crippen LogP contribution in [0, 0.1) is 0 Å². The predicted octanol–water partition coefficient (Wildman–Crippen LogP) is 14.3. The van der Waals surface area contributed by atoms with Crippen molar-refractivity contribution in [3.8, 4) is 45.3 Å². The van der Waals surface area contributed by atoms with Crippen LogP contribution < -0.4 is 4.90 Å². The number of hydrogen-bond acceptors (Lipinski definition) is 6. The first-order valence-electron chi connectivity index (χ1n) is 18.9. The van der Waals surface area contributed by atoms with E-state index in [1.807, 2.05) is 66.7 Å². The van der Waals surface area contributed by atoms with Crippen LogP contribution in [0.5, 0.6) is 0 Å². The van der Waals surface area contributed by atoms with Gasteiger partial charge in [-0.2, -0.15) is 0 Å². The highest BCUT2D eigenvalue weighted by molar-refractivity contribution is 7.26. The van der Waals surface area contributed by atoms with Gasteiger partial charge in [0.05, 0.1) is 5.69 Å². The summed E-state index contributed by atoms with van der Waals surface area (Å²) < 4.78 is 9.13. The van der Waals surface area contributed by atoms with E-state index in [0.717, 1.165) is 77.6 Å². The van der Waals surface area contributed by atoms with Crippen molar-refractivity contribution in [2.45, 2.75) is 0 Å². The molecule has 11 rings (SSSR count). The Bertz CT molecular complexity index is 3180. The maximum atomic E-state index is 6.79. The van der Waals surface area contributed by atoms with Gasteiger partial charge in [-0.05, 0) is 53.6 Å². The second-order valence-electron chi connectivity index (χ2n) is 14.0. The van der Waals surface area contributed by atoms with Gasteiger partial charge in [-0.25, -0.2) is 15.0 Å². The average Bonchev–Trinajstić information content (AvgIpc) is 3.87. The number of rotatable bonds is 7. The number of thiophene rings is 1. The van der Waals surface area contributed by atoms with Gasteiger partial charge in [0, 0.05) is 59.0 Å². The fourth-order valence-corrected chi connectivity index (χ4v) is 9.09. The Hall–Kier alpha value is -7.41. The Labute approximate surface area is 332 Å². The molecule has 3 aromatic heterocycles. The lowest BCUT2D eigenvalue weighted by atomic mass is 9.98. The summed E-state index contributed by atoms with van der Waals surface area (Å²) in [5.41, 5.74) is 9.92. The van der Waals surface area contributed by atoms with E-state index in [0.29, 0.717) is 17.5 Å². The second-order valence-corrected chi connectivity index (χ2v) is 15.1. The normalized spacial score (nSPS) is 11.5. The van der Waals surface area contributed by atoms with Crippen molar-refractivity contribution in [2.75, 3.05) is 4.90 Å². The molecule has 0 fully saturated rings. The van der Waals surface area contributed by atoms with Crippen LogP contribution in [0.25, 0.3) is 87.4 Å². The SMILES string of the molecule is c1ccc(-c2nc(-c3ccccc3)nc(-c3cccc4sc5cc(N(c6ccccc6)c6ccc(-c7ccccc7)c7c6oc6ccccc67)ccc5c34)n2)cc1. The van der Waals surface area contributed by atoms with E-state index in [1.165, 1.54) is 9.40 Å². The molecule has 3 heterocycles. The molecule has 0 saturated heterocycles. The van der Waals surface area contributed by atoms with Crippen LogP contribution >= 0.6 is 11.3 Å². The van der Waals surface area contributed by atoms with Crippen LogP contribution in [0.4, 0.5) is 17.1 Å². The number of aromatic nitrogens is 3. The second kappa shape index (κ2) is 13.7. The largest absolute Gasteiger partial charge is 0.454 e. The minimum Gasteiger partial charge on any atom is -0.454 e. The van der Waals surface area contributed by atoms with E-state index in [9.17, 15) is 0 Å². The maximum Gasteiger partial charge on any atom is 0.164 e. The van der Waals surface area contributed by atoms with Crippen LogP contribution in [0.1, 0.15) is 0 Å². The fourth-order valence-electron chi connectivity index (χ4n) is 7.92. The highest BCUT2D eigenvalue weighted by Gasteiger charge is 2.23. The van der Waals surface area contributed by atoms with E-state index in [-0.39, 0.29) is 0 Å². The first kappa shape index (κ1) is 33.0. The smallest absolute Gasteiger partial charge is 0.164 e. The van der Waals surface area contributed by atoms with Crippen LogP contribution in [0.2, 0.25) is 0 Å². The van der Waals surface area contributed by atoms with Crippen molar-refractivity contribution in [2.24, 2.45) is 0 Å². The van der Waals surface area contributed by atoms with Gasteiger partial charge in [0.1, 0.15) is 5.58 Å². The Kier molecular flexibility index (Phi) is 7.93. The summed E-state index contributed by atoms with van der Waals surface area (Å²) >= 11 is 1.78. The van der Waals surface area contributed by atoms with E-state index in [2.05, 4.69) is 132 Å². The molecule has 0 unspecified atom stereocenters. The maximum absolute atomic E-state index is 6.79. The molecule has 0 aliphatic rings. The van der Waals surface area contributed by atoms with Crippen LogP contribution in [-0.4, -0.2) is 15.0 Å². The number of furan rings is 1. The van der Waals surface area contributed by atoms with Gasteiger partial charge >= 0.3 is 0 Å². The van der Waals surface area contributed by atoms with Crippen molar-refractivity contribution in [1.82, 2.24) is 15.0 Å². The van der Waals surface area contributed by atoms with E-state index < -0.39 is 0 Å². The molecule has 268 valence electrons. The number of fused-ring (bicyclic) bond motifs is 6. The summed E-state index contributed by atoms with van der Waals surface area (Å²) in [4.78, 5) is 17.5. The molecule has 0 radical (unpaired) electrons. The summed E-state index contributed by atoms with van der Waals surface area (Å²) in [5, 5.41) is 4.48. The van der Waals surface area contributed by atoms with Gasteiger partial charge in [0.25, 0.3) is 0 Å². The molecule has 0 N–H and O–H groups in total. The summed E-state index contributed by atoms with van der Waals surface area (Å²) in [7, 11) is 0. The highest BCUT2D eigenvalue weighted by atomic mass is 32.1. The molecule has 0 spiro atoms. The predicted molar refractivity (Wildman–Crippen MR) is 236 cm³/mol. The fraction of sp³-hybridized carbons (Fsp3) is 0. The Morgan fingerprint density at radius 2 is 1.02 bits per heavy atom. The minimum atomic E-state index is 0.645. The molecule has 57 heavy (non-hydrogen) atoms. The third-order valence-electron chi connectivity index (χ3n) is 10.5. The van der Waals surface area contributed by atoms with Gasteiger partial charge in [-0.3, -0.25) is 0 Å². The van der Waals surface area contributed by atoms with Crippen LogP contribution in [0.15, 0.2) is 199 Å². The van der Waals surface area contributed by atoms with E-state index >= 15 is 0 Å². The highest BCUT2D eigenvalue weighted by Crippen LogP contribution is 2.47. The molecule has 0 saturated carbocycles. The first-order chi connectivity index (χ1) is 28.3. The van der Waals surface area contributed by atoms with Crippen molar-refractivity contribution in [3.05, 3.63) is 194 Å². The van der Waals surface area contributed by atoms with Gasteiger partial charge < -0.3 is 9.32 Å². The zero-order valence-corrected chi connectivity index (χ0v) is 31.4. The lowest BCUT2D eigenvalue weighted by molar-refractivity contribution is 0.669. The average molecular weight is 749 g/mol. The number of nitrogens with zero attached hydrogens (tertiary/aromatic N) is 4. The molecule has 0 bridgehead atoms. The summed E-state index contributed by atoms with van der Waals surface area (Å²) in [6.45, 7) is 0. The molecule has 6 heteroatoms. The van der Waals surface area contributed by atoms with Gasteiger partial charge in [0.2, 0.25) is 0 Å². The molecular weight excluding hydrogens is 717 g/mol. The molecule has 0 atom stereocenters. The van der Waals surface area contributed by atoms with Crippen LogP contribution in [-0.2, 0) is 0 Å². The van der Waals surface area contributed by atoms with Gasteiger partial charge in [0.15, 0.2) is 23.1 Å². The van der Waals surface area contributed by atoms with Crippen molar-refractivity contribution in [1.29, 1.82) is 0 Å². The molecule has 5 nitrogen and oxygen atoms in total. The third-order valence-corrected chi connectivity index (χ3v) is 11.6. The zero-order valence-electron chi connectivity index (χ0n) is 30.6. The van der Waals surface area contributed by atoms with Crippen LogP contribution in [0.3, 0.4) is 0 Å². The molecule has 11 aromatic rings. The minimum absolute atomic E-state index is 0.645. The zero-order chi connectivity index (χ0) is 37.7. The lowest BCUT2D eigenvalue weighted by Crippen LogP contribution is -2.10. The van der Waals surface area contributed by atoms with Gasteiger partial charge in [-0.1, -0.05) is 152 Å². The summed E-state index contributed by atoms with van der Waals surface area (Å²) in [6, 6.07) is 67.3. The Morgan fingerprint density at radius 1 is 0.404 bits per heavy atom. The summed E-state index contributed by atoms with van der Waals surface area (Å²) in [6.07, 6.45) is 0. The standard InChI is InChI=1S/C51H32N4OS/c1-5-16-33(17-6-1)38-30-31-42(48-47(38)39-24-13-14-26-43(39)56-48)55(36-22-11-4-12-23-36)37-28-29-40-45(32-37)57-44-27-15-25-41(46(40)44)51-53-49(34-18-7-2-8-19-34)52-50(54-51)35-20-9-3-10-21-35/h1-32H. The monoisotopic (exact) mass is 748 g/mol. The third kappa shape index (κ3) is 5.74. The quantitative estimate of drug-likeness (QED) is 0.162. The molecule has 8 aromatic carbocycles. The van der Waals surface area contributed by atoms with Crippen molar-refractivity contribution in [3.63, 3.8) is 0 Å². The van der Waals surface area contributed by atoms with E-state index in [1.54, 1.807) is 11.3 Å². The molecule has 0 amide bonds. The van der Waals surface area contributed by atoms with Gasteiger partial charge in [-0.15, -0.1) is 11.3 Å². The van der Waals surface area contributed by atoms with Crippen molar-refractivity contribution < 1.29 is 4.42 Å². The molecular formula is C51H32N4OS. The first-order valence-corrected chi connectivity index (χ1v) is 19.8. The number of anilines is 3. The topological polar surface area (TPSA) is 55.1 Å². The van der Waals surface area contributed by atoms with Crippen molar-refractivity contribution >= 4 is 70.5 Å². The number of para-hydroxylation sites is 2. The lowest BCUT2D eigenvalue weighted by Gasteiger charge is -2.26. The number of hydrogen-bond donors (Lipinski definition) is 0. The Balaban J connectivity index is 1.11. The molecule has 0 aliphatic carbocycles.